The molecule has 0 radical (unpaired) electrons. The maximum Gasteiger partial charge on any atom is 0.193 e. The van der Waals surface area contributed by atoms with Crippen LogP contribution in [-0.2, 0) is 0 Å². The zero-order valence-corrected chi connectivity index (χ0v) is 11.4. The number of hydrogen-bond acceptors (Lipinski definition) is 2. The molecule has 0 aliphatic carbocycles. The first-order chi connectivity index (χ1) is 6.74. The van der Waals surface area contributed by atoms with Crippen molar-refractivity contribution in [1.82, 2.24) is 9.13 Å². The van der Waals surface area contributed by atoms with Crippen molar-refractivity contribution in [3.63, 3.8) is 0 Å². The van der Waals surface area contributed by atoms with Gasteiger partial charge in [0.05, 0.1) is 0 Å². The number of rotatable bonds is 8. The lowest BCUT2D eigenvalue weighted by molar-refractivity contribution is 0.379. The van der Waals surface area contributed by atoms with Gasteiger partial charge in [-0.15, -0.1) is 6.58 Å². The van der Waals surface area contributed by atoms with Gasteiger partial charge in [-0.25, -0.2) is 0 Å². The fourth-order valence-electron chi connectivity index (χ4n) is 1.97. The molecule has 0 aliphatic heterocycles. The Hall–Kier alpha value is -0.123. The van der Waals surface area contributed by atoms with Crippen LogP contribution in [0.15, 0.2) is 12.7 Å². The van der Waals surface area contributed by atoms with Gasteiger partial charge in [0, 0.05) is 0 Å². The molecule has 0 amide bonds. The first kappa shape index (κ1) is 13.9. The summed E-state index contributed by atoms with van der Waals surface area (Å²) in [6.45, 7) is 17.6. The van der Waals surface area contributed by atoms with Crippen LogP contribution < -0.4 is 0 Å². The average molecular weight is 214 g/mol. The summed E-state index contributed by atoms with van der Waals surface area (Å²) in [7, 11) is -0.915. The molecule has 0 saturated heterocycles. The van der Waals surface area contributed by atoms with E-state index in [0.29, 0.717) is 0 Å². The zero-order valence-electron chi connectivity index (χ0n) is 10.3. The van der Waals surface area contributed by atoms with Crippen LogP contribution in [0.1, 0.15) is 27.7 Å². The second-order valence-corrected chi connectivity index (χ2v) is 6.34. The zero-order chi connectivity index (χ0) is 11.0. The smallest absolute Gasteiger partial charge is 0.193 e. The molecule has 0 heterocycles. The molecular weight excluding hydrogens is 188 g/mol. The molecule has 0 aromatic heterocycles. The van der Waals surface area contributed by atoms with Gasteiger partial charge in [-0.1, -0.05) is 33.8 Å². The van der Waals surface area contributed by atoms with Crippen molar-refractivity contribution >= 4 is 9.12 Å². The van der Waals surface area contributed by atoms with Crippen LogP contribution in [0.3, 0.4) is 0 Å². The lowest BCUT2D eigenvalue weighted by atomic mass is 10.7. The van der Waals surface area contributed by atoms with Crippen molar-refractivity contribution in [1.29, 1.82) is 0 Å². The molecule has 3 heteroatoms. The quantitative estimate of drug-likeness (QED) is 0.451. The van der Waals surface area contributed by atoms with Gasteiger partial charge in [0.1, 0.15) is 0 Å². The van der Waals surface area contributed by atoms with E-state index in [1.165, 1.54) is 32.2 Å². The normalized spacial score (nSPS) is 11.6. The van der Waals surface area contributed by atoms with Gasteiger partial charge in [-0.2, -0.15) is 0 Å². The standard InChI is InChI=1S/C11H26N2Si/c1-6-11-14(12(7-2)8-3)13(9-4)10-5/h6,14H,1,7-11H2,2-5H3. The third-order valence-corrected chi connectivity index (χ3v) is 6.75. The third-order valence-electron chi connectivity index (χ3n) is 2.85. The molecule has 0 rings (SSSR count). The molecule has 84 valence electrons. The predicted octanol–water partition coefficient (Wildman–Crippen LogP) is 2.08. The van der Waals surface area contributed by atoms with Gasteiger partial charge in [-0.3, -0.25) is 0 Å². The molecule has 0 atom stereocenters. The highest BCUT2D eigenvalue weighted by molar-refractivity contribution is 6.53. The Balaban J connectivity index is 4.43. The van der Waals surface area contributed by atoms with Crippen LogP contribution in [0, 0.1) is 0 Å². The van der Waals surface area contributed by atoms with E-state index in [4.69, 9.17) is 0 Å². The van der Waals surface area contributed by atoms with E-state index in [-0.39, 0.29) is 0 Å². The molecule has 0 N–H and O–H groups in total. The number of hydrogen-bond donors (Lipinski definition) is 0. The van der Waals surface area contributed by atoms with E-state index in [1.807, 2.05) is 0 Å². The third kappa shape index (κ3) is 3.94. The summed E-state index contributed by atoms with van der Waals surface area (Å²) in [5.41, 5.74) is 0. The lowest BCUT2D eigenvalue weighted by Crippen LogP contribution is -2.52. The van der Waals surface area contributed by atoms with Crippen LogP contribution in [-0.4, -0.2) is 44.4 Å². The van der Waals surface area contributed by atoms with Crippen molar-refractivity contribution in [2.45, 2.75) is 33.7 Å². The summed E-state index contributed by atoms with van der Waals surface area (Å²) in [4.78, 5) is 0. The molecule has 0 unspecified atom stereocenters. The average Bonchev–Trinajstić information content (AvgIpc) is 2.21. The van der Waals surface area contributed by atoms with Crippen molar-refractivity contribution in [2.24, 2.45) is 0 Å². The maximum atomic E-state index is 3.88. The topological polar surface area (TPSA) is 6.48 Å². The van der Waals surface area contributed by atoms with Crippen molar-refractivity contribution in [3.8, 4) is 0 Å². The molecular formula is C11H26N2Si. The van der Waals surface area contributed by atoms with Crippen LogP contribution in [0.25, 0.3) is 0 Å². The second kappa shape index (κ2) is 8.21. The summed E-state index contributed by atoms with van der Waals surface area (Å²) in [5.74, 6) is 0. The van der Waals surface area contributed by atoms with Crippen LogP contribution in [0.2, 0.25) is 6.04 Å². The van der Waals surface area contributed by atoms with Gasteiger partial charge >= 0.3 is 0 Å². The van der Waals surface area contributed by atoms with Gasteiger partial charge in [0.25, 0.3) is 0 Å². The molecule has 0 bridgehead atoms. The summed E-state index contributed by atoms with van der Waals surface area (Å²) < 4.78 is 5.27. The summed E-state index contributed by atoms with van der Waals surface area (Å²) in [6, 6.07) is 1.20. The molecule has 0 aliphatic rings. The predicted molar refractivity (Wildman–Crippen MR) is 68.0 cm³/mol. The summed E-state index contributed by atoms with van der Waals surface area (Å²) in [5, 5.41) is 0. The Morgan fingerprint density at radius 3 is 1.50 bits per heavy atom. The highest BCUT2D eigenvalue weighted by Gasteiger charge is 2.21. The Morgan fingerprint density at radius 2 is 1.29 bits per heavy atom. The highest BCUT2D eigenvalue weighted by atomic mass is 28.3. The van der Waals surface area contributed by atoms with Crippen molar-refractivity contribution in [2.75, 3.05) is 26.2 Å². The second-order valence-electron chi connectivity index (χ2n) is 3.45. The molecule has 0 saturated carbocycles. The van der Waals surface area contributed by atoms with E-state index in [0.717, 1.165) is 0 Å². The molecule has 14 heavy (non-hydrogen) atoms. The Kier molecular flexibility index (Phi) is 8.13. The summed E-state index contributed by atoms with van der Waals surface area (Å²) in [6.07, 6.45) is 2.09. The monoisotopic (exact) mass is 214 g/mol. The Morgan fingerprint density at radius 1 is 0.929 bits per heavy atom. The SMILES string of the molecule is C=CC[SiH](N(CC)CC)N(CC)CC. The molecule has 0 aromatic carbocycles. The van der Waals surface area contributed by atoms with Crippen molar-refractivity contribution < 1.29 is 0 Å². The van der Waals surface area contributed by atoms with Crippen LogP contribution >= 0.6 is 0 Å². The molecule has 2 nitrogen and oxygen atoms in total. The first-order valence-electron chi connectivity index (χ1n) is 5.83. The van der Waals surface area contributed by atoms with E-state index in [2.05, 4.69) is 49.5 Å². The van der Waals surface area contributed by atoms with E-state index in [1.54, 1.807) is 0 Å². The minimum atomic E-state index is -0.915. The fraction of sp³-hybridized carbons (Fsp3) is 0.818. The fourth-order valence-corrected chi connectivity index (χ4v) is 5.01. The van der Waals surface area contributed by atoms with Crippen LogP contribution in [0.5, 0.6) is 0 Å². The van der Waals surface area contributed by atoms with Gasteiger partial charge < -0.3 is 9.13 Å². The summed E-state index contributed by atoms with van der Waals surface area (Å²) >= 11 is 0. The molecule has 0 spiro atoms. The first-order valence-corrected chi connectivity index (χ1v) is 7.68. The Labute approximate surface area is 91.4 Å². The lowest BCUT2D eigenvalue weighted by Gasteiger charge is -2.35. The molecule has 0 fully saturated rings. The van der Waals surface area contributed by atoms with E-state index in [9.17, 15) is 0 Å². The highest BCUT2D eigenvalue weighted by Crippen LogP contribution is 2.07. The maximum absolute atomic E-state index is 3.88. The number of nitrogens with zero attached hydrogens (tertiary/aromatic N) is 2. The van der Waals surface area contributed by atoms with Gasteiger partial charge in [0.15, 0.2) is 9.12 Å². The minimum Gasteiger partial charge on any atom is -0.314 e. The van der Waals surface area contributed by atoms with E-state index < -0.39 is 9.12 Å². The minimum absolute atomic E-state index is 0.915. The Bertz CT molecular complexity index is 130. The number of allylic oxidation sites excluding steroid dienone is 1. The van der Waals surface area contributed by atoms with Crippen LogP contribution in [0.4, 0.5) is 0 Å². The van der Waals surface area contributed by atoms with E-state index >= 15 is 0 Å². The van der Waals surface area contributed by atoms with Gasteiger partial charge in [0.2, 0.25) is 0 Å². The largest absolute Gasteiger partial charge is 0.314 e. The van der Waals surface area contributed by atoms with Gasteiger partial charge in [-0.05, 0) is 32.2 Å². The van der Waals surface area contributed by atoms with Crippen molar-refractivity contribution in [3.05, 3.63) is 12.7 Å². The molecule has 0 aromatic rings.